The van der Waals surface area contributed by atoms with Crippen molar-refractivity contribution in [3.63, 3.8) is 0 Å². The molecule has 0 bridgehead atoms. The molecule has 2 aromatic heterocycles. The van der Waals surface area contributed by atoms with Gasteiger partial charge in [0.2, 0.25) is 0 Å². The fourth-order valence-corrected chi connectivity index (χ4v) is 2.99. The summed E-state index contributed by atoms with van der Waals surface area (Å²) >= 11 is 24.0. The first kappa shape index (κ1) is 15.5. The maximum atomic E-state index is 11.3. The molecule has 0 aliphatic rings. The predicted octanol–water partition coefficient (Wildman–Crippen LogP) is 5.64. The molecule has 0 saturated heterocycles. The summed E-state index contributed by atoms with van der Waals surface area (Å²) in [7, 11) is 0. The van der Waals surface area contributed by atoms with Gasteiger partial charge in [0.15, 0.2) is 0 Å². The average Bonchev–Trinajstić information content (AvgIpc) is 2.50. The standard InChI is InChI=1S/C15H6Cl4N2O/c16-10-3-1-2-7(11(10)17)8-4-5-20-14-12(18)9(15(19)22)6-21-13(8)14/h1-6H. The van der Waals surface area contributed by atoms with E-state index < -0.39 is 5.24 Å². The van der Waals surface area contributed by atoms with Gasteiger partial charge in [-0.3, -0.25) is 14.8 Å². The monoisotopic (exact) mass is 370 g/mol. The van der Waals surface area contributed by atoms with E-state index >= 15 is 0 Å². The van der Waals surface area contributed by atoms with Crippen LogP contribution in [0.3, 0.4) is 0 Å². The van der Waals surface area contributed by atoms with Crippen molar-refractivity contribution in [2.75, 3.05) is 0 Å². The molecule has 22 heavy (non-hydrogen) atoms. The fourth-order valence-electron chi connectivity index (χ4n) is 2.12. The van der Waals surface area contributed by atoms with Crippen molar-refractivity contribution in [3.05, 3.63) is 57.3 Å². The second-order valence-corrected chi connectivity index (χ2v) is 5.92. The largest absolute Gasteiger partial charge is 0.275 e. The van der Waals surface area contributed by atoms with E-state index in [0.717, 1.165) is 0 Å². The quantitative estimate of drug-likeness (QED) is 0.547. The van der Waals surface area contributed by atoms with Crippen LogP contribution >= 0.6 is 46.4 Å². The van der Waals surface area contributed by atoms with Gasteiger partial charge < -0.3 is 0 Å². The van der Waals surface area contributed by atoms with E-state index in [1.54, 1.807) is 24.4 Å². The van der Waals surface area contributed by atoms with Crippen molar-refractivity contribution in [1.29, 1.82) is 0 Å². The lowest BCUT2D eigenvalue weighted by atomic mass is 10.0. The summed E-state index contributed by atoms with van der Waals surface area (Å²) < 4.78 is 0. The second kappa shape index (κ2) is 6.01. The van der Waals surface area contributed by atoms with Crippen molar-refractivity contribution in [1.82, 2.24) is 9.97 Å². The highest BCUT2D eigenvalue weighted by atomic mass is 35.5. The van der Waals surface area contributed by atoms with E-state index in [0.29, 0.717) is 32.2 Å². The van der Waals surface area contributed by atoms with Gasteiger partial charge >= 0.3 is 0 Å². The summed E-state index contributed by atoms with van der Waals surface area (Å²) in [5.74, 6) is 0. The molecule has 0 aliphatic carbocycles. The summed E-state index contributed by atoms with van der Waals surface area (Å²) in [4.78, 5) is 19.8. The van der Waals surface area contributed by atoms with Crippen LogP contribution in [0.4, 0.5) is 0 Å². The van der Waals surface area contributed by atoms with Crippen LogP contribution in [0.25, 0.3) is 22.2 Å². The van der Waals surface area contributed by atoms with Crippen LogP contribution in [-0.4, -0.2) is 15.2 Å². The molecule has 0 amide bonds. The van der Waals surface area contributed by atoms with Crippen LogP contribution < -0.4 is 0 Å². The molecular formula is C15H6Cl4N2O. The van der Waals surface area contributed by atoms with Gasteiger partial charge in [-0.05, 0) is 23.7 Å². The maximum Gasteiger partial charge on any atom is 0.255 e. The first-order chi connectivity index (χ1) is 10.5. The van der Waals surface area contributed by atoms with E-state index in [9.17, 15) is 4.79 Å². The molecule has 3 rings (SSSR count). The highest BCUT2D eigenvalue weighted by Crippen LogP contribution is 2.37. The summed E-state index contributed by atoms with van der Waals surface area (Å²) in [6.07, 6.45) is 2.88. The number of carbonyl (C=O) groups is 1. The molecule has 0 fully saturated rings. The third-order valence-electron chi connectivity index (χ3n) is 3.14. The number of hydrogen-bond acceptors (Lipinski definition) is 3. The lowest BCUT2D eigenvalue weighted by Crippen LogP contribution is -1.96. The summed E-state index contributed by atoms with van der Waals surface area (Å²) in [6.45, 7) is 0. The third kappa shape index (κ3) is 2.55. The zero-order chi connectivity index (χ0) is 15.9. The van der Waals surface area contributed by atoms with Crippen molar-refractivity contribution < 1.29 is 4.79 Å². The van der Waals surface area contributed by atoms with Gasteiger partial charge in [0.05, 0.1) is 26.1 Å². The van der Waals surface area contributed by atoms with E-state index in [1.807, 2.05) is 6.07 Å². The van der Waals surface area contributed by atoms with Gasteiger partial charge in [-0.1, -0.05) is 46.9 Å². The number of pyridine rings is 2. The minimum Gasteiger partial charge on any atom is -0.275 e. The molecule has 7 heteroatoms. The summed E-state index contributed by atoms with van der Waals surface area (Å²) in [5.41, 5.74) is 2.42. The lowest BCUT2D eigenvalue weighted by molar-refractivity contribution is 0.108. The molecule has 0 unspecified atom stereocenters. The molecule has 0 atom stereocenters. The van der Waals surface area contributed by atoms with Gasteiger partial charge in [-0.25, -0.2) is 0 Å². The molecular weight excluding hydrogens is 366 g/mol. The van der Waals surface area contributed by atoms with Crippen LogP contribution in [0.1, 0.15) is 10.4 Å². The molecule has 0 saturated carbocycles. The van der Waals surface area contributed by atoms with Crippen molar-refractivity contribution in [2.24, 2.45) is 0 Å². The van der Waals surface area contributed by atoms with Crippen LogP contribution in [0, 0.1) is 0 Å². The highest BCUT2D eigenvalue weighted by molar-refractivity contribution is 6.69. The number of fused-ring (bicyclic) bond motifs is 1. The number of benzene rings is 1. The summed E-state index contributed by atoms with van der Waals surface area (Å²) in [5, 5.41) is 0.312. The molecule has 0 spiro atoms. The highest BCUT2D eigenvalue weighted by Gasteiger charge is 2.17. The molecule has 0 radical (unpaired) electrons. The molecule has 2 heterocycles. The Morgan fingerprint density at radius 2 is 1.68 bits per heavy atom. The van der Waals surface area contributed by atoms with Crippen LogP contribution in [0.15, 0.2) is 36.7 Å². The Morgan fingerprint density at radius 1 is 0.909 bits per heavy atom. The lowest BCUT2D eigenvalue weighted by Gasteiger charge is -2.10. The number of carbonyl (C=O) groups excluding carboxylic acids is 1. The normalized spacial score (nSPS) is 10.9. The zero-order valence-electron chi connectivity index (χ0n) is 10.8. The molecule has 3 nitrogen and oxygen atoms in total. The number of rotatable bonds is 2. The van der Waals surface area contributed by atoms with Crippen molar-refractivity contribution in [2.45, 2.75) is 0 Å². The smallest absolute Gasteiger partial charge is 0.255 e. The van der Waals surface area contributed by atoms with E-state index in [1.165, 1.54) is 6.20 Å². The van der Waals surface area contributed by atoms with Crippen LogP contribution in [0.2, 0.25) is 15.1 Å². The maximum absolute atomic E-state index is 11.3. The van der Waals surface area contributed by atoms with Gasteiger partial charge in [-0.15, -0.1) is 0 Å². The number of halogens is 4. The van der Waals surface area contributed by atoms with Crippen molar-refractivity contribution >= 4 is 62.7 Å². The summed E-state index contributed by atoms with van der Waals surface area (Å²) in [6, 6.07) is 7.06. The van der Waals surface area contributed by atoms with Gasteiger partial charge in [0.25, 0.3) is 5.24 Å². The topological polar surface area (TPSA) is 42.9 Å². The number of hydrogen-bond donors (Lipinski definition) is 0. The Hall–Kier alpha value is -1.39. The molecule has 1 aromatic carbocycles. The average molecular weight is 372 g/mol. The molecule has 3 aromatic rings. The Balaban J connectivity index is 2.35. The second-order valence-electron chi connectivity index (χ2n) is 4.42. The Bertz CT molecular complexity index is 911. The van der Waals surface area contributed by atoms with E-state index in [-0.39, 0.29) is 10.6 Å². The fraction of sp³-hybridized carbons (Fsp3) is 0. The zero-order valence-corrected chi connectivity index (χ0v) is 13.8. The molecule has 0 aliphatic heterocycles. The number of nitrogens with zero attached hydrogens (tertiary/aromatic N) is 2. The van der Waals surface area contributed by atoms with Gasteiger partial charge in [-0.2, -0.15) is 0 Å². The molecule has 0 N–H and O–H groups in total. The number of aromatic nitrogens is 2. The predicted molar refractivity (Wildman–Crippen MR) is 90.2 cm³/mol. The van der Waals surface area contributed by atoms with Crippen LogP contribution in [0.5, 0.6) is 0 Å². The molecule has 110 valence electrons. The minimum absolute atomic E-state index is 0.109. The Morgan fingerprint density at radius 3 is 2.41 bits per heavy atom. The minimum atomic E-state index is -0.688. The Labute approximate surface area is 145 Å². The first-order valence-corrected chi connectivity index (χ1v) is 7.59. The van der Waals surface area contributed by atoms with Crippen molar-refractivity contribution in [3.8, 4) is 11.1 Å². The van der Waals surface area contributed by atoms with E-state index in [4.69, 9.17) is 46.4 Å². The van der Waals surface area contributed by atoms with E-state index in [2.05, 4.69) is 9.97 Å². The van der Waals surface area contributed by atoms with Crippen LogP contribution in [-0.2, 0) is 0 Å². The third-order valence-corrected chi connectivity index (χ3v) is 4.55. The Kier molecular flexibility index (Phi) is 4.24. The SMILES string of the molecule is O=C(Cl)c1cnc2c(-c3cccc(Cl)c3Cl)ccnc2c1Cl. The van der Waals surface area contributed by atoms with Gasteiger partial charge in [0, 0.05) is 23.5 Å². The van der Waals surface area contributed by atoms with Gasteiger partial charge in [0.1, 0.15) is 5.52 Å². The first-order valence-electron chi connectivity index (χ1n) is 6.08.